The van der Waals surface area contributed by atoms with Crippen molar-refractivity contribution >= 4 is 24.0 Å². The van der Waals surface area contributed by atoms with Crippen LogP contribution in [0.3, 0.4) is 0 Å². The van der Waals surface area contributed by atoms with Crippen molar-refractivity contribution in [2.45, 2.75) is 39.9 Å². The SMILES string of the molecule is CCc1cc(C)cc(-c2nccc3cc([Si](C)(C)C)ccc23)c1. The molecule has 0 atom stereocenters. The van der Waals surface area contributed by atoms with Gasteiger partial charge in [-0.2, -0.15) is 0 Å². The van der Waals surface area contributed by atoms with Crippen LogP contribution in [0.4, 0.5) is 0 Å². The van der Waals surface area contributed by atoms with Crippen LogP contribution in [0, 0.1) is 6.92 Å². The van der Waals surface area contributed by atoms with E-state index in [1.54, 1.807) is 0 Å². The molecule has 23 heavy (non-hydrogen) atoms. The van der Waals surface area contributed by atoms with Gasteiger partial charge in [0.25, 0.3) is 0 Å². The molecular formula is C21H25NSi. The normalized spacial score (nSPS) is 11.9. The molecule has 0 fully saturated rings. The van der Waals surface area contributed by atoms with Crippen molar-refractivity contribution in [1.82, 2.24) is 4.98 Å². The third-order valence-electron chi connectivity index (χ3n) is 4.45. The lowest BCUT2D eigenvalue weighted by atomic mass is 9.99. The van der Waals surface area contributed by atoms with Crippen LogP contribution in [0.15, 0.2) is 48.7 Å². The molecule has 1 aromatic heterocycles. The number of nitrogens with zero attached hydrogens (tertiary/aromatic N) is 1. The van der Waals surface area contributed by atoms with Gasteiger partial charge in [-0.15, -0.1) is 0 Å². The highest BCUT2D eigenvalue weighted by Gasteiger charge is 2.17. The first-order valence-electron chi connectivity index (χ1n) is 8.38. The van der Waals surface area contributed by atoms with E-state index < -0.39 is 8.07 Å². The van der Waals surface area contributed by atoms with E-state index in [4.69, 9.17) is 4.98 Å². The predicted octanol–water partition coefficient (Wildman–Crippen LogP) is 5.32. The van der Waals surface area contributed by atoms with Gasteiger partial charge in [0, 0.05) is 17.1 Å². The number of hydrogen-bond donors (Lipinski definition) is 0. The van der Waals surface area contributed by atoms with Gasteiger partial charge in [-0.1, -0.05) is 61.6 Å². The lowest BCUT2D eigenvalue weighted by Crippen LogP contribution is -2.37. The third-order valence-corrected chi connectivity index (χ3v) is 6.49. The fourth-order valence-corrected chi connectivity index (χ4v) is 4.25. The minimum atomic E-state index is -1.29. The van der Waals surface area contributed by atoms with Crippen LogP contribution in [-0.4, -0.2) is 13.1 Å². The van der Waals surface area contributed by atoms with Crippen molar-refractivity contribution in [1.29, 1.82) is 0 Å². The summed E-state index contributed by atoms with van der Waals surface area (Å²) in [7, 11) is -1.29. The second-order valence-corrected chi connectivity index (χ2v) is 12.5. The Morgan fingerprint density at radius 3 is 2.43 bits per heavy atom. The quantitative estimate of drug-likeness (QED) is 0.596. The molecule has 3 rings (SSSR count). The largest absolute Gasteiger partial charge is 0.256 e. The first-order chi connectivity index (χ1) is 10.9. The van der Waals surface area contributed by atoms with Crippen LogP contribution in [0.1, 0.15) is 18.1 Å². The monoisotopic (exact) mass is 319 g/mol. The number of aryl methyl sites for hydroxylation is 2. The van der Waals surface area contributed by atoms with Crippen molar-refractivity contribution < 1.29 is 0 Å². The molecule has 0 unspecified atom stereocenters. The van der Waals surface area contributed by atoms with E-state index in [1.807, 2.05) is 6.20 Å². The molecule has 0 saturated heterocycles. The first kappa shape index (κ1) is 15.9. The molecule has 0 spiro atoms. The highest BCUT2D eigenvalue weighted by molar-refractivity contribution is 6.88. The van der Waals surface area contributed by atoms with E-state index in [2.05, 4.69) is 76.0 Å². The lowest BCUT2D eigenvalue weighted by Gasteiger charge is -2.18. The summed E-state index contributed by atoms with van der Waals surface area (Å²) in [6.45, 7) is 11.5. The van der Waals surface area contributed by atoms with Crippen molar-refractivity contribution in [3.8, 4) is 11.3 Å². The summed E-state index contributed by atoms with van der Waals surface area (Å²) in [5.74, 6) is 0. The second kappa shape index (κ2) is 5.93. The Balaban J connectivity index is 2.21. The van der Waals surface area contributed by atoms with Crippen LogP contribution < -0.4 is 5.19 Å². The van der Waals surface area contributed by atoms with Gasteiger partial charge >= 0.3 is 0 Å². The van der Waals surface area contributed by atoms with E-state index in [9.17, 15) is 0 Å². The molecule has 0 saturated carbocycles. The summed E-state index contributed by atoms with van der Waals surface area (Å²) < 4.78 is 0. The van der Waals surface area contributed by atoms with Crippen molar-refractivity contribution in [3.05, 3.63) is 59.8 Å². The smallest absolute Gasteiger partial charge is 0.0780 e. The Kier molecular flexibility index (Phi) is 4.11. The number of aromatic nitrogens is 1. The molecule has 3 aromatic rings. The average Bonchev–Trinajstić information content (AvgIpc) is 2.52. The van der Waals surface area contributed by atoms with Crippen molar-refractivity contribution in [2.75, 3.05) is 0 Å². The average molecular weight is 320 g/mol. The number of pyridine rings is 1. The molecule has 1 heterocycles. The van der Waals surface area contributed by atoms with Crippen molar-refractivity contribution in [3.63, 3.8) is 0 Å². The molecule has 1 nitrogen and oxygen atoms in total. The van der Waals surface area contributed by atoms with E-state index >= 15 is 0 Å². The summed E-state index contributed by atoms with van der Waals surface area (Å²) >= 11 is 0. The van der Waals surface area contributed by atoms with Gasteiger partial charge in [0.2, 0.25) is 0 Å². The zero-order valence-electron chi connectivity index (χ0n) is 14.8. The molecule has 0 amide bonds. The fourth-order valence-electron chi connectivity index (χ4n) is 3.08. The predicted molar refractivity (Wildman–Crippen MR) is 104 cm³/mol. The second-order valence-electron chi connectivity index (χ2n) is 7.41. The van der Waals surface area contributed by atoms with E-state index in [0.717, 1.165) is 12.1 Å². The lowest BCUT2D eigenvalue weighted by molar-refractivity contribution is 1.13. The number of fused-ring (bicyclic) bond motifs is 1. The molecule has 2 aromatic carbocycles. The maximum atomic E-state index is 4.70. The van der Waals surface area contributed by atoms with Crippen LogP contribution in [0.2, 0.25) is 19.6 Å². The third kappa shape index (κ3) is 3.23. The Hall–Kier alpha value is -1.93. The van der Waals surface area contributed by atoms with E-state index in [0.29, 0.717) is 0 Å². The molecule has 0 bridgehead atoms. The highest BCUT2D eigenvalue weighted by Crippen LogP contribution is 2.28. The summed E-state index contributed by atoms with van der Waals surface area (Å²) in [5.41, 5.74) is 5.01. The highest BCUT2D eigenvalue weighted by atomic mass is 28.3. The fraction of sp³-hybridized carbons (Fsp3) is 0.286. The number of benzene rings is 2. The van der Waals surface area contributed by atoms with Gasteiger partial charge < -0.3 is 0 Å². The first-order valence-corrected chi connectivity index (χ1v) is 11.9. The van der Waals surface area contributed by atoms with Crippen LogP contribution in [0.25, 0.3) is 22.0 Å². The Morgan fingerprint density at radius 2 is 1.74 bits per heavy atom. The molecular weight excluding hydrogens is 294 g/mol. The standard InChI is InChI=1S/C21H25NSi/c1-6-16-11-15(2)12-18(13-16)21-20-8-7-19(23(3,4)5)14-17(20)9-10-22-21/h7-14H,6H2,1-5H3. The van der Waals surface area contributed by atoms with Gasteiger partial charge in [0.05, 0.1) is 13.8 Å². The van der Waals surface area contributed by atoms with E-state index in [-0.39, 0.29) is 0 Å². The molecule has 2 heteroatoms. The maximum Gasteiger partial charge on any atom is 0.0780 e. The minimum Gasteiger partial charge on any atom is -0.256 e. The summed E-state index contributed by atoms with van der Waals surface area (Å²) in [6.07, 6.45) is 3.00. The van der Waals surface area contributed by atoms with Gasteiger partial charge in [0.1, 0.15) is 0 Å². The molecule has 0 aliphatic carbocycles. The van der Waals surface area contributed by atoms with Crippen LogP contribution in [0.5, 0.6) is 0 Å². The molecule has 0 N–H and O–H groups in total. The molecule has 118 valence electrons. The molecule has 0 aliphatic rings. The van der Waals surface area contributed by atoms with E-state index in [1.165, 1.54) is 32.6 Å². The van der Waals surface area contributed by atoms with Gasteiger partial charge in [-0.05, 0) is 42.5 Å². The Morgan fingerprint density at radius 1 is 0.957 bits per heavy atom. The molecule has 0 radical (unpaired) electrons. The number of rotatable bonds is 3. The number of hydrogen-bond acceptors (Lipinski definition) is 1. The summed E-state index contributed by atoms with van der Waals surface area (Å²) in [6, 6.07) is 15.9. The minimum absolute atomic E-state index is 1.05. The topological polar surface area (TPSA) is 12.9 Å². The van der Waals surface area contributed by atoms with Crippen LogP contribution >= 0.6 is 0 Å². The zero-order valence-corrected chi connectivity index (χ0v) is 15.8. The Bertz CT molecular complexity index is 859. The summed E-state index contributed by atoms with van der Waals surface area (Å²) in [5, 5.41) is 4.05. The van der Waals surface area contributed by atoms with Crippen molar-refractivity contribution in [2.24, 2.45) is 0 Å². The Labute approximate surface area is 140 Å². The van der Waals surface area contributed by atoms with Gasteiger partial charge in [-0.25, -0.2) is 0 Å². The summed E-state index contributed by atoms with van der Waals surface area (Å²) in [4.78, 5) is 4.70. The van der Waals surface area contributed by atoms with Crippen LogP contribution in [-0.2, 0) is 6.42 Å². The maximum absolute atomic E-state index is 4.70. The van der Waals surface area contributed by atoms with Gasteiger partial charge in [-0.3, -0.25) is 4.98 Å². The zero-order chi connectivity index (χ0) is 16.6. The van der Waals surface area contributed by atoms with Gasteiger partial charge in [0.15, 0.2) is 0 Å². The molecule has 0 aliphatic heterocycles.